The van der Waals surface area contributed by atoms with Crippen LogP contribution in [-0.4, -0.2) is 28.9 Å². The molecule has 2 aromatic carbocycles. The fraction of sp³-hybridized carbons (Fsp3) is 0.158. The molecule has 2 aromatic rings. The summed E-state index contributed by atoms with van der Waals surface area (Å²) in [6.45, 7) is 0.273. The van der Waals surface area contributed by atoms with Gasteiger partial charge in [-0.05, 0) is 29.3 Å². The maximum atomic E-state index is 12.5. The number of imide groups is 1. The van der Waals surface area contributed by atoms with Gasteiger partial charge in [0.2, 0.25) is 5.91 Å². The van der Waals surface area contributed by atoms with E-state index in [1.54, 1.807) is 18.2 Å². The maximum absolute atomic E-state index is 12.5. The van der Waals surface area contributed by atoms with Crippen LogP contribution in [0.3, 0.4) is 0 Å². The first-order chi connectivity index (χ1) is 11.6. The fourth-order valence-electron chi connectivity index (χ4n) is 2.64. The summed E-state index contributed by atoms with van der Waals surface area (Å²) in [4.78, 5) is 25.9. The Balaban J connectivity index is 1.83. The number of carbonyl (C=O) groups excluding carboxylic acids is 2. The van der Waals surface area contributed by atoms with Crippen molar-refractivity contribution in [3.63, 3.8) is 0 Å². The highest BCUT2D eigenvalue weighted by Gasteiger charge is 2.33. The summed E-state index contributed by atoms with van der Waals surface area (Å²) in [5, 5.41) is 9.62. The van der Waals surface area contributed by atoms with Crippen LogP contribution >= 0.6 is 0 Å². The van der Waals surface area contributed by atoms with E-state index in [1.165, 1.54) is 18.1 Å². The molecule has 0 radical (unpaired) electrons. The van der Waals surface area contributed by atoms with Gasteiger partial charge in [0.15, 0.2) is 11.5 Å². The van der Waals surface area contributed by atoms with Crippen LogP contribution in [0.4, 0.5) is 0 Å². The first-order valence-corrected chi connectivity index (χ1v) is 7.54. The standard InChI is InChI=1S/C19H17NO4/c1-24-17-10-14(7-8-16(17)21)9-15-11-18(22)20(19(15)23)12-13-5-3-2-4-6-13/h2-10,21H,11-12H2,1H3/b15-9+. The third kappa shape index (κ3) is 3.15. The number of nitrogens with zero attached hydrogens (tertiary/aromatic N) is 1. The molecule has 2 amide bonds. The molecular formula is C19H17NO4. The summed E-state index contributed by atoms with van der Waals surface area (Å²) in [5.74, 6) is -0.141. The van der Waals surface area contributed by atoms with Crippen LogP contribution in [0.5, 0.6) is 11.5 Å². The average Bonchev–Trinajstić information content (AvgIpc) is 2.85. The van der Waals surface area contributed by atoms with Gasteiger partial charge in [-0.2, -0.15) is 0 Å². The van der Waals surface area contributed by atoms with E-state index < -0.39 is 0 Å². The number of rotatable bonds is 4. The van der Waals surface area contributed by atoms with Crippen molar-refractivity contribution in [3.05, 3.63) is 65.2 Å². The van der Waals surface area contributed by atoms with E-state index in [0.717, 1.165) is 5.56 Å². The number of hydrogen-bond acceptors (Lipinski definition) is 4. The predicted octanol–water partition coefficient (Wildman–Crippen LogP) is 2.74. The lowest BCUT2D eigenvalue weighted by molar-refractivity contribution is -0.138. The number of phenols is 1. The number of methoxy groups -OCH3 is 1. The Kier molecular flexibility index (Phi) is 4.33. The minimum atomic E-state index is -0.282. The SMILES string of the molecule is COc1cc(/C=C2\CC(=O)N(Cc3ccccc3)C2=O)ccc1O. The zero-order chi connectivity index (χ0) is 17.1. The van der Waals surface area contributed by atoms with Gasteiger partial charge in [0.05, 0.1) is 20.1 Å². The molecule has 3 rings (SSSR count). The molecule has 5 heteroatoms. The highest BCUT2D eigenvalue weighted by molar-refractivity contribution is 6.15. The number of hydrogen-bond donors (Lipinski definition) is 1. The molecule has 0 aromatic heterocycles. The third-order valence-electron chi connectivity index (χ3n) is 3.89. The molecule has 1 N–H and O–H groups in total. The predicted molar refractivity (Wildman–Crippen MR) is 89.3 cm³/mol. The van der Waals surface area contributed by atoms with E-state index in [0.29, 0.717) is 16.9 Å². The Hall–Kier alpha value is -3.08. The Morgan fingerprint density at radius 3 is 2.62 bits per heavy atom. The normalized spacial score (nSPS) is 16.0. The lowest BCUT2D eigenvalue weighted by atomic mass is 10.1. The van der Waals surface area contributed by atoms with Gasteiger partial charge in [-0.15, -0.1) is 0 Å². The molecule has 0 spiro atoms. The van der Waals surface area contributed by atoms with Crippen molar-refractivity contribution < 1.29 is 19.4 Å². The molecule has 1 heterocycles. The largest absolute Gasteiger partial charge is 0.504 e. The second-order valence-corrected chi connectivity index (χ2v) is 5.55. The lowest BCUT2D eigenvalue weighted by Gasteiger charge is -2.13. The lowest BCUT2D eigenvalue weighted by Crippen LogP contribution is -2.28. The summed E-state index contributed by atoms with van der Waals surface area (Å²) >= 11 is 0. The summed E-state index contributed by atoms with van der Waals surface area (Å²) in [7, 11) is 1.46. The quantitative estimate of drug-likeness (QED) is 0.694. The number of phenolic OH excluding ortho intramolecular Hbond substituents is 1. The van der Waals surface area contributed by atoms with E-state index in [2.05, 4.69) is 0 Å². The maximum Gasteiger partial charge on any atom is 0.257 e. The molecule has 0 atom stereocenters. The van der Waals surface area contributed by atoms with Crippen LogP contribution in [0, 0.1) is 0 Å². The van der Waals surface area contributed by atoms with Crippen LogP contribution in [0.15, 0.2) is 54.1 Å². The summed E-state index contributed by atoms with van der Waals surface area (Å²) in [6.07, 6.45) is 1.74. The topological polar surface area (TPSA) is 66.8 Å². The molecule has 0 bridgehead atoms. The summed E-state index contributed by atoms with van der Waals surface area (Å²) in [5.41, 5.74) is 2.04. The van der Waals surface area contributed by atoms with E-state index in [1.807, 2.05) is 30.3 Å². The number of ether oxygens (including phenoxy) is 1. The van der Waals surface area contributed by atoms with Crippen molar-refractivity contribution >= 4 is 17.9 Å². The van der Waals surface area contributed by atoms with Gasteiger partial charge in [0.1, 0.15) is 0 Å². The molecule has 24 heavy (non-hydrogen) atoms. The Morgan fingerprint density at radius 1 is 1.17 bits per heavy atom. The molecule has 5 nitrogen and oxygen atoms in total. The highest BCUT2D eigenvalue weighted by Crippen LogP contribution is 2.29. The van der Waals surface area contributed by atoms with Gasteiger partial charge in [-0.3, -0.25) is 14.5 Å². The zero-order valence-corrected chi connectivity index (χ0v) is 13.2. The van der Waals surface area contributed by atoms with E-state index in [-0.39, 0.29) is 30.5 Å². The van der Waals surface area contributed by atoms with Crippen molar-refractivity contribution in [2.24, 2.45) is 0 Å². The number of likely N-dealkylation sites (tertiary alicyclic amines) is 1. The Morgan fingerprint density at radius 2 is 1.92 bits per heavy atom. The van der Waals surface area contributed by atoms with E-state index >= 15 is 0 Å². The molecule has 1 aliphatic rings. The summed E-state index contributed by atoms with van der Waals surface area (Å²) in [6, 6.07) is 14.2. The van der Waals surface area contributed by atoms with Crippen molar-refractivity contribution in [3.8, 4) is 11.5 Å². The van der Waals surface area contributed by atoms with E-state index in [4.69, 9.17) is 4.74 Å². The minimum Gasteiger partial charge on any atom is -0.504 e. The van der Waals surface area contributed by atoms with Gasteiger partial charge in [0, 0.05) is 5.57 Å². The molecule has 0 saturated carbocycles. The van der Waals surface area contributed by atoms with Crippen molar-refractivity contribution in [1.29, 1.82) is 0 Å². The Labute approximate surface area is 139 Å². The molecule has 1 aliphatic heterocycles. The number of amides is 2. The number of carbonyl (C=O) groups is 2. The van der Waals surface area contributed by atoms with Crippen LogP contribution < -0.4 is 4.74 Å². The monoisotopic (exact) mass is 323 g/mol. The molecular weight excluding hydrogens is 306 g/mol. The van der Waals surface area contributed by atoms with Crippen LogP contribution in [0.2, 0.25) is 0 Å². The number of benzene rings is 2. The first-order valence-electron chi connectivity index (χ1n) is 7.54. The van der Waals surface area contributed by atoms with Crippen LogP contribution in [-0.2, 0) is 16.1 Å². The van der Waals surface area contributed by atoms with Crippen molar-refractivity contribution in [2.75, 3.05) is 7.11 Å². The molecule has 1 saturated heterocycles. The molecule has 0 unspecified atom stereocenters. The van der Waals surface area contributed by atoms with Gasteiger partial charge in [0.25, 0.3) is 5.91 Å². The van der Waals surface area contributed by atoms with Crippen LogP contribution in [0.25, 0.3) is 6.08 Å². The molecule has 122 valence electrons. The van der Waals surface area contributed by atoms with Gasteiger partial charge < -0.3 is 9.84 Å². The first kappa shape index (κ1) is 15.8. The van der Waals surface area contributed by atoms with Gasteiger partial charge >= 0.3 is 0 Å². The third-order valence-corrected chi connectivity index (χ3v) is 3.89. The Bertz CT molecular complexity index is 811. The van der Waals surface area contributed by atoms with Crippen molar-refractivity contribution in [1.82, 2.24) is 4.90 Å². The highest BCUT2D eigenvalue weighted by atomic mass is 16.5. The number of aromatic hydroxyl groups is 1. The van der Waals surface area contributed by atoms with Gasteiger partial charge in [-0.1, -0.05) is 36.4 Å². The second-order valence-electron chi connectivity index (χ2n) is 5.55. The minimum absolute atomic E-state index is 0.0270. The molecule has 0 aliphatic carbocycles. The van der Waals surface area contributed by atoms with Gasteiger partial charge in [-0.25, -0.2) is 0 Å². The molecule has 1 fully saturated rings. The van der Waals surface area contributed by atoms with E-state index in [9.17, 15) is 14.7 Å². The van der Waals surface area contributed by atoms with Crippen molar-refractivity contribution in [2.45, 2.75) is 13.0 Å². The smallest absolute Gasteiger partial charge is 0.257 e. The second kappa shape index (κ2) is 6.58. The average molecular weight is 323 g/mol. The summed E-state index contributed by atoms with van der Waals surface area (Å²) < 4.78 is 5.06. The zero-order valence-electron chi connectivity index (χ0n) is 13.2. The van der Waals surface area contributed by atoms with Crippen LogP contribution in [0.1, 0.15) is 17.5 Å². The fourth-order valence-corrected chi connectivity index (χ4v) is 2.64.